The first-order valence-corrected chi connectivity index (χ1v) is 26.2. The van der Waals surface area contributed by atoms with Crippen molar-refractivity contribution in [2.45, 2.75) is 231 Å². The summed E-state index contributed by atoms with van der Waals surface area (Å²) >= 11 is 0. The van der Waals surface area contributed by atoms with Gasteiger partial charge in [0.2, 0.25) is 0 Å². The number of carbonyl (C=O) groups is 3. The molecule has 0 fully saturated rings. The molecule has 0 aromatic rings. The van der Waals surface area contributed by atoms with E-state index in [1.54, 1.807) is 0 Å². The minimum atomic E-state index is -4.73. The van der Waals surface area contributed by atoms with Gasteiger partial charge in [-0.05, 0) is 77.0 Å². The molecule has 0 aliphatic rings. The molecular formula is C50H90NO10P. The normalized spacial score (nSPS) is 14.0. The van der Waals surface area contributed by atoms with Crippen molar-refractivity contribution in [1.82, 2.24) is 0 Å². The van der Waals surface area contributed by atoms with E-state index in [0.29, 0.717) is 19.3 Å². The molecule has 0 bridgehead atoms. The van der Waals surface area contributed by atoms with Crippen molar-refractivity contribution in [1.29, 1.82) is 0 Å². The SMILES string of the molecule is CCCCC/C=C/C/C=C/CCCCCCCC(=O)OC[C@@H](COP(=O)(O)OC[C@H](N)C(=O)O)OC(=O)CCC/C=C/CC/C=C/CCCCCCCCCCCCCCCC. The highest BCUT2D eigenvalue weighted by Gasteiger charge is 2.28. The van der Waals surface area contributed by atoms with Gasteiger partial charge >= 0.3 is 25.7 Å². The average molecular weight is 896 g/mol. The minimum Gasteiger partial charge on any atom is -0.480 e. The Balaban J connectivity index is 4.32. The number of aliphatic carboxylic acids is 1. The van der Waals surface area contributed by atoms with Crippen LogP contribution in [0.25, 0.3) is 0 Å². The van der Waals surface area contributed by atoms with Crippen LogP contribution in [0.2, 0.25) is 0 Å². The maximum Gasteiger partial charge on any atom is 0.472 e. The van der Waals surface area contributed by atoms with Gasteiger partial charge in [-0.25, -0.2) is 4.57 Å². The molecule has 0 rings (SSSR count). The molecule has 3 atom stereocenters. The number of esters is 2. The highest BCUT2D eigenvalue weighted by Crippen LogP contribution is 2.43. The van der Waals surface area contributed by atoms with Gasteiger partial charge in [0.1, 0.15) is 12.6 Å². The molecule has 4 N–H and O–H groups in total. The van der Waals surface area contributed by atoms with Crippen LogP contribution in [0.3, 0.4) is 0 Å². The van der Waals surface area contributed by atoms with Gasteiger partial charge in [-0.15, -0.1) is 0 Å². The zero-order valence-electron chi connectivity index (χ0n) is 39.2. The quantitative estimate of drug-likeness (QED) is 0.0230. The van der Waals surface area contributed by atoms with E-state index in [4.69, 9.17) is 24.8 Å². The van der Waals surface area contributed by atoms with Crippen LogP contribution in [0, 0.1) is 0 Å². The fourth-order valence-corrected chi connectivity index (χ4v) is 7.42. The number of phosphoric acid groups is 1. The molecule has 62 heavy (non-hydrogen) atoms. The smallest absolute Gasteiger partial charge is 0.472 e. The minimum absolute atomic E-state index is 0.0978. The molecule has 0 aliphatic carbocycles. The number of hydrogen-bond donors (Lipinski definition) is 3. The fourth-order valence-electron chi connectivity index (χ4n) is 6.65. The lowest BCUT2D eigenvalue weighted by atomic mass is 10.0. The molecule has 12 heteroatoms. The average Bonchev–Trinajstić information content (AvgIpc) is 3.25. The van der Waals surface area contributed by atoms with Crippen molar-refractivity contribution in [2.75, 3.05) is 19.8 Å². The first kappa shape index (κ1) is 59.4. The van der Waals surface area contributed by atoms with E-state index in [0.717, 1.165) is 64.2 Å². The fraction of sp³-hybridized carbons (Fsp3) is 0.780. The Morgan fingerprint density at radius 2 is 0.887 bits per heavy atom. The number of rotatable bonds is 46. The molecule has 0 amide bonds. The van der Waals surface area contributed by atoms with Crippen molar-refractivity contribution in [3.8, 4) is 0 Å². The number of ether oxygens (including phenoxy) is 2. The van der Waals surface area contributed by atoms with Crippen molar-refractivity contribution in [3.63, 3.8) is 0 Å². The summed E-state index contributed by atoms with van der Waals surface area (Å²) in [5, 5.41) is 8.91. The van der Waals surface area contributed by atoms with E-state index in [-0.39, 0.29) is 19.4 Å². The maximum absolute atomic E-state index is 12.7. The number of phosphoric ester groups is 1. The molecule has 0 aromatic carbocycles. The Morgan fingerprint density at radius 1 is 0.500 bits per heavy atom. The van der Waals surface area contributed by atoms with Crippen molar-refractivity contribution >= 4 is 25.7 Å². The van der Waals surface area contributed by atoms with Gasteiger partial charge < -0.3 is 25.2 Å². The zero-order valence-corrected chi connectivity index (χ0v) is 40.1. The first-order valence-electron chi connectivity index (χ1n) is 24.7. The van der Waals surface area contributed by atoms with Crippen LogP contribution in [0.1, 0.15) is 219 Å². The van der Waals surface area contributed by atoms with E-state index in [1.165, 1.54) is 109 Å². The molecule has 0 spiro atoms. The van der Waals surface area contributed by atoms with Crippen LogP contribution < -0.4 is 5.73 Å². The largest absolute Gasteiger partial charge is 0.480 e. The van der Waals surface area contributed by atoms with Gasteiger partial charge in [0, 0.05) is 12.8 Å². The molecule has 0 aliphatic heterocycles. The Hall–Kier alpha value is -2.56. The highest BCUT2D eigenvalue weighted by atomic mass is 31.2. The first-order chi connectivity index (χ1) is 30.1. The number of hydrogen-bond acceptors (Lipinski definition) is 9. The second-order valence-corrected chi connectivity index (χ2v) is 18.0. The lowest BCUT2D eigenvalue weighted by molar-refractivity contribution is -0.161. The van der Waals surface area contributed by atoms with E-state index in [1.807, 2.05) is 6.08 Å². The molecule has 0 saturated carbocycles. The number of unbranched alkanes of at least 4 members (excludes halogenated alkanes) is 24. The van der Waals surface area contributed by atoms with Gasteiger partial charge in [-0.2, -0.15) is 0 Å². The Labute approximate surface area is 377 Å². The van der Waals surface area contributed by atoms with Crippen LogP contribution in [-0.2, 0) is 37.5 Å². The number of allylic oxidation sites excluding steroid dienone is 8. The van der Waals surface area contributed by atoms with E-state index in [2.05, 4.69) is 60.9 Å². The molecule has 11 nitrogen and oxygen atoms in total. The van der Waals surface area contributed by atoms with Crippen LogP contribution in [0.15, 0.2) is 48.6 Å². The summed E-state index contributed by atoms with van der Waals surface area (Å²) in [6.45, 7) is 2.75. The van der Waals surface area contributed by atoms with Gasteiger partial charge in [0.05, 0.1) is 13.2 Å². The van der Waals surface area contributed by atoms with Gasteiger partial charge in [-0.1, -0.05) is 178 Å². The molecule has 0 heterocycles. The standard InChI is InChI=1S/C50H90NO10P/c1-3-5-7-9-11-13-15-17-19-20-21-22-23-24-25-26-28-30-32-34-36-38-40-42-49(53)61-46(44-59-62(56,57)60-45-47(51)50(54)55)43-58-48(52)41-39-37-35-33-31-29-27-18-16-14-12-10-8-6-4-2/h12,14,18,26-28,34,36,46-47H,3-11,13,15-17,19-25,29-33,35,37-45,51H2,1-2H3,(H,54,55)(H,56,57)/b14-12+,27-18+,28-26+,36-34+/t46-,47-/m0/s1. The number of carboxylic acids is 1. The molecule has 0 radical (unpaired) electrons. The predicted molar refractivity (Wildman–Crippen MR) is 254 cm³/mol. The zero-order chi connectivity index (χ0) is 45.6. The van der Waals surface area contributed by atoms with Crippen LogP contribution in [0.4, 0.5) is 0 Å². The van der Waals surface area contributed by atoms with Gasteiger partial charge in [0.25, 0.3) is 0 Å². The maximum atomic E-state index is 12.7. The number of carbonyl (C=O) groups excluding carboxylic acids is 2. The second-order valence-electron chi connectivity index (χ2n) is 16.6. The molecular weight excluding hydrogens is 806 g/mol. The predicted octanol–water partition coefficient (Wildman–Crippen LogP) is 13.7. The molecule has 0 aromatic heterocycles. The lowest BCUT2D eigenvalue weighted by Gasteiger charge is -2.20. The number of nitrogens with two attached hydrogens (primary N) is 1. The Bertz CT molecular complexity index is 1240. The molecule has 1 unspecified atom stereocenters. The molecule has 0 saturated heterocycles. The highest BCUT2D eigenvalue weighted by molar-refractivity contribution is 7.47. The second kappa shape index (κ2) is 45.0. The summed E-state index contributed by atoms with van der Waals surface area (Å²) in [4.78, 5) is 46.1. The monoisotopic (exact) mass is 896 g/mol. The van der Waals surface area contributed by atoms with Crippen LogP contribution >= 0.6 is 7.82 Å². The number of carboxylic acid groups (broad SMARTS) is 1. The van der Waals surface area contributed by atoms with E-state index >= 15 is 0 Å². The third-order valence-electron chi connectivity index (χ3n) is 10.5. The summed E-state index contributed by atoms with van der Waals surface area (Å²) in [6.07, 6.45) is 51.9. The summed E-state index contributed by atoms with van der Waals surface area (Å²) in [6, 6.07) is -1.53. The van der Waals surface area contributed by atoms with Crippen molar-refractivity contribution in [2.24, 2.45) is 5.73 Å². The lowest BCUT2D eigenvalue weighted by Crippen LogP contribution is -2.34. The summed E-state index contributed by atoms with van der Waals surface area (Å²) < 4.78 is 32.7. The van der Waals surface area contributed by atoms with Gasteiger partial charge in [0.15, 0.2) is 6.10 Å². The van der Waals surface area contributed by atoms with Crippen LogP contribution in [-0.4, -0.2) is 59.9 Å². The third-order valence-corrected chi connectivity index (χ3v) is 11.5. The topological polar surface area (TPSA) is 172 Å². The van der Waals surface area contributed by atoms with Crippen molar-refractivity contribution < 1.29 is 47.5 Å². The van der Waals surface area contributed by atoms with Crippen molar-refractivity contribution in [3.05, 3.63) is 48.6 Å². The Kier molecular flexibility index (Phi) is 43.2. The van der Waals surface area contributed by atoms with E-state index in [9.17, 15) is 23.8 Å². The Morgan fingerprint density at radius 3 is 1.40 bits per heavy atom. The molecule has 360 valence electrons. The van der Waals surface area contributed by atoms with Gasteiger partial charge in [-0.3, -0.25) is 23.4 Å². The summed E-state index contributed by atoms with van der Waals surface area (Å²) in [7, 11) is -4.73. The van der Waals surface area contributed by atoms with E-state index < -0.39 is 51.1 Å². The van der Waals surface area contributed by atoms with Crippen LogP contribution in [0.5, 0.6) is 0 Å². The summed E-state index contributed by atoms with van der Waals surface area (Å²) in [5.74, 6) is -2.45. The summed E-state index contributed by atoms with van der Waals surface area (Å²) in [5.41, 5.74) is 5.34. The third kappa shape index (κ3) is 44.1.